The third kappa shape index (κ3) is 4.62. The molecule has 0 spiro atoms. The Morgan fingerprint density at radius 3 is 2.32 bits per heavy atom. The van der Waals surface area contributed by atoms with Crippen molar-refractivity contribution in [2.75, 3.05) is 18.4 Å². The lowest BCUT2D eigenvalue weighted by Crippen LogP contribution is -2.42. The van der Waals surface area contributed by atoms with Gasteiger partial charge in [-0.25, -0.2) is 12.7 Å². The van der Waals surface area contributed by atoms with E-state index in [2.05, 4.69) is 5.32 Å². The Morgan fingerprint density at radius 1 is 1.00 bits per heavy atom. The van der Waals surface area contributed by atoms with E-state index in [1.807, 2.05) is 63.2 Å². The van der Waals surface area contributed by atoms with Crippen LogP contribution in [-0.4, -0.2) is 31.7 Å². The number of benzene rings is 2. The number of carbonyl (C=O) groups is 1. The predicted molar refractivity (Wildman–Crippen MR) is 113 cm³/mol. The molecule has 2 aromatic carbocycles. The second kappa shape index (κ2) is 8.45. The molecule has 0 aliphatic carbocycles. The molecule has 1 aliphatic rings. The van der Waals surface area contributed by atoms with E-state index in [4.69, 9.17) is 0 Å². The van der Waals surface area contributed by atoms with Crippen LogP contribution >= 0.6 is 0 Å². The van der Waals surface area contributed by atoms with E-state index in [1.54, 1.807) is 0 Å². The molecule has 6 heteroatoms. The van der Waals surface area contributed by atoms with Gasteiger partial charge in [-0.05, 0) is 61.9 Å². The van der Waals surface area contributed by atoms with Crippen molar-refractivity contribution in [1.29, 1.82) is 0 Å². The summed E-state index contributed by atoms with van der Waals surface area (Å²) in [4.78, 5) is 12.6. The molecule has 0 unspecified atom stereocenters. The van der Waals surface area contributed by atoms with Crippen molar-refractivity contribution in [3.8, 4) is 0 Å². The first kappa shape index (κ1) is 20.6. The highest BCUT2D eigenvalue weighted by Gasteiger charge is 2.31. The number of sulfonamides is 1. The van der Waals surface area contributed by atoms with Gasteiger partial charge in [-0.3, -0.25) is 4.79 Å². The largest absolute Gasteiger partial charge is 0.326 e. The van der Waals surface area contributed by atoms with E-state index in [1.165, 1.54) is 4.31 Å². The van der Waals surface area contributed by atoms with Crippen LogP contribution in [0.1, 0.15) is 35.1 Å². The molecular formula is C22H28N2O3S. The van der Waals surface area contributed by atoms with Crippen LogP contribution in [0.25, 0.3) is 0 Å². The first-order valence-corrected chi connectivity index (χ1v) is 11.3. The van der Waals surface area contributed by atoms with Gasteiger partial charge in [0.1, 0.15) is 0 Å². The zero-order valence-electron chi connectivity index (χ0n) is 16.7. The van der Waals surface area contributed by atoms with Gasteiger partial charge in [0.2, 0.25) is 15.9 Å². The maximum absolute atomic E-state index is 12.8. The highest BCUT2D eigenvalue weighted by Crippen LogP contribution is 2.25. The number of carbonyl (C=O) groups excluding carboxylic acids is 1. The van der Waals surface area contributed by atoms with Crippen LogP contribution in [-0.2, 0) is 20.6 Å². The summed E-state index contributed by atoms with van der Waals surface area (Å²) in [6.07, 6.45) is 1.09. The molecule has 1 saturated heterocycles. The summed E-state index contributed by atoms with van der Waals surface area (Å²) in [5.74, 6) is -0.173. The second-order valence-corrected chi connectivity index (χ2v) is 9.56. The second-order valence-electron chi connectivity index (χ2n) is 7.59. The van der Waals surface area contributed by atoms with Gasteiger partial charge in [0, 0.05) is 24.7 Å². The van der Waals surface area contributed by atoms with Crippen molar-refractivity contribution in [2.45, 2.75) is 39.4 Å². The van der Waals surface area contributed by atoms with Crippen molar-refractivity contribution < 1.29 is 13.2 Å². The van der Waals surface area contributed by atoms with Gasteiger partial charge in [0.05, 0.1) is 5.75 Å². The topological polar surface area (TPSA) is 66.5 Å². The highest BCUT2D eigenvalue weighted by molar-refractivity contribution is 7.88. The monoisotopic (exact) mass is 400 g/mol. The molecule has 1 aliphatic heterocycles. The lowest BCUT2D eigenvalue weighted by Gasteiger charge is -2.31. The molecule has 1 amide bonds. The van der Waals surface area contributed by atoms with Gasteiger partial charge < -0.3 is 5.32 Å². The van der Waals surface area contributed by atoms with E-state index in [0.717, 1.165) is 27.9 Å². The number of rotatable bonds is 5. The number of nitrogens with zero attached hydrogens (tertiary/aromatic N) is 1. The van der Waals surface area contributed by atoms with Crippen LogP contribution in [0, 0.1) is 26.7 Å². The summed E-state index contributed by atoms with van der Waals surface area (Å²) in [5, 5.41) is 3.01. The minimum Gasteiger partial charge on any atom is -0.326 e. The Bertz CT molecular complexity index is 961. The van der Waals surface area contributed by atoms with Crippen LogP contribution in [0.4, 0.5) is 5.69 Å². The third-order valence-electron chi connectivity index (χ3n) is 5.68. The Hall–Kier alpha value is -2.18. The number of nitrogens with one attached hydrogen (secondary N) is 1. The summed E-state index contributed by atoms with van der Waals surface area (Å²) in [7, 11) is -3.38. The average molecular weight is 401 g/mol. The maximum atomic E-state index is 12.8. The van der Waals surface area contributed by atoms with Crippen LogP contribution in [0.15, 0.2) is 42.5 Å². The third-order valence-corrected chi connectivity index (χ3v) is 7.51. The molecule has 28 heavy (non-hydrogen) atoms. The number of anilines is 1. The number of amides is 1. The van der Waals surface area contributed by atoms with Gasteiger partial charge in [-0.15, -0.1) is 0 Å². The standard InChI is InChI=1S/C22H28N2O3S/c1-16-8-6-10-21(18(16)3)23-22(25)19-11-13-24(14-12-19)28(26,27)15-20-9-5-4-7-17(20)2/h4-10,19H,11-15H2,1-3H3,(H,23,25). The van der Waals surface area contributed by atoms with E-state index in [9.17, 15) is 13.2 Å². The Labute approximate surface area is 167 Å². The lowest BCUT2D eigenvalue weighted by atomic mass is 9.97. The molecule has 0 radical (unpaired) electrons. The van der Waals surface area contributed by atoms with Gasteiger partial charge in [-0.2, -0.15) is 0 Å². The molecule has 2 aromatic rings. The summed E-state index contributed by atoms with van der Waals surface area (Å²) < 4.78 is 27.1. The van der Waals surface area contributed by atoms with Crippen LogP contribution in [0.3, 0.4) is 0 Å². The normalized spacial score (nSPS) is 16.1. The number of aryl methyl sites for hydroxylation is 2. The van der Waals surface area contributed by atoms with Crippen molar-refractivity contribution in [3.05, 3.63) is 64.7 Å². The molecular weight excluding hydrogens is 372 g/mol. The van der Waals surface area contributed by atoms with E-state index in [0.29, 0.717) is 25.9 Å². The van der Waals surface area contributed by atoms with E-state index in [-0.39, 0.29) is 17.6 Å². The Kier molecular flexibility index (Phi) is 6.20. The van der Waals surface area contributed by atoms with Crippen LogP contribution in [0.5, 0.6) is 0 Å². The summed E-state index contributed by atoms with van der Waals surface area (Å²) in [6, 6.07) is 13.4. The minimum atomic E-state index is -3.38. The average Bonchev–Trinajstić information content (AvgIpc) is 2.67. The first-order chi connectivity index (χ1) is 13.3. The molecule has 0 bridgehead atoms. The Balaban J connectivity index is 1.60. The molecule has 150 valence electrons. The van der Waals surface area contributed by atoms with Gasteiger partial charge in [0.15, 0.2) is 0 Å². The van der Waals surface area contributed by atoms with Gasteiger partial charge in [-0.1, -0.05) is 36.4 Å². The number of piperidine rings is 1. The summed E-state index contributed by atoms with van der Waals surface area (Å²) >= 11 is 0. The zero-order valence-corrected chi connectivity index (χ0v) is 17.6. The fourth-order valence-corrected chi connectivity index (χ4v) is 5.24. The minimum absolute atomic E-state index is 0.0129. The fraction of sp³-hybridized carbons (Fsp3) is 0.409. The molecule has 1 fully saturated rings. The van der Waals surface area contributed by atoms with E-state index < -0.39 is 10.0 Å². The van der Waals surface area contributed by atoms with Crippen molar-refractivity contribution >= 4 is 21.6 Å². The van der Waals surface area contributed by atoms with Gasteiger partial charge in [0.25, 0.3) is 0 Å². The van der Waals surface area contributed by atoms with Crippen LogP contribution in [0.2, 0.25) is 0 Å². The molecule has 3 rings (SSSR count). The van der Waals surface area contributed by atoms with E-state index >= 15 is 0 Å². The number of hydrogen-bond acceptors (Lipinski definition) is 3. The number of hydrogen-bond donors (Lipinski definition) is 1. The fourth-order valence-electron chi connectivity index (χ4n) is 3.58. The first-order valence-electron chi connectivity index (χ1n) is 9.67. The van der Waals surface area contributed by atoms with Crippen molar-refractivity contribution in [2.24, 2.45) is 5.92 Å². The highest BCUT2D eigenvalue weighted by atomic mass is 32.2. The lowest BCUT2D eigenvalue weighted by molar-refractivity contribution is -0.120. The summed E-state index contributed by atoms with van der Waals surface area (Å²) in [5.41, 5.74) is 4.84. The molecule has 1 heterocycles. The smallest absolute Gasteiger partial charge is 0.227 e. The molecule has 0 atom stereocenters. The van der Waals surface area contributed by atoms with Crippen LogP contribution < -0.4 is 5.32 Å². The molecule has 5 nitrogen and oxygen atoms in total. The molecule has 0 saturated carbocycles. The maximum Gasteiger partial charge on any atom is 0.227 e. The molecule has 1 N–H and O–H groups in total. The van der Waals surface area contributed by atoms with Crippen molar-refractivity contribution in [1.82, 2.24) is 4.31 Å². The predicted octanol–water partition coefficient (Wildman–Crippen LogP) is 3.79. The van der Waals surface area contributed by atoms with Gasteiger partial charge >= 0.3 is 0 Å². The molecule has 0 aromatic heterocycles. The quantitative estimate of drug-likeness (QED) is 0.830. The van der Waals surface area contributed by atoms with Crippen molar-refractivity contribution in [3.63, 3.8) is 0 Å². The SMILES string of the molecule is Cc1ccccc1CS(=O)(=O)N1CCC(C(=O)Nc2cccc(C)c2C)CC1. The summed E-state index contributed by atoms with van der Waals surface area (Å²) in [6.45, 7) is 6.71. The zero-order chi connectivity index (χ0) is 20.3. The Morgan fingerprint density at radius 2 is 1.64 bits per heavy atom.